The number of hydrogen-bond donors (Lipinski definition) is 0. The molecule has 1 saturated heterocycles. The summed E-state index contributed by atoms with van der Waals surface area (Å²) < 4.78 is 10.8. The van der Waals surface area contributed by atoms with Gasteiger partial charge in [0.05, 0.1) is 6.07 Å². The van der Waals surface area contributed by atoms with E-state index < -0.39 is 0 Å². The zero-order chi connectivity index (χ0) is 8.97. The third-order valence-electron chi connectivity index (χ3n) is 2.27. The van der Waals surface area contributed by atoms with E-state index in [0.29, 0.717) is 0 Å². The first-order valence-electron chi connectivity index (χ1n) is 4.38. The van der Waals surface area contributed by atoms with Gasteiger partial charge in [-0.1, -0.05) is 6.92 Å². The van der Waals surface area contributed by atoms with Crippen LogP contribution in [0.15, 0.2) is 0 Å². The quantitative estimate of drug-likeness (QED) is 0.584. The molecule has 1 heterocycles. The molecule has 1 aliphatic heterocycles. The molecule has 0 spiro atoms. The Morgan fingerprint density at radius 3 is 2.42 bits per heavy atom. The molecule has 1 rings (SSSR count). The van der Waals surface area contributed by atoms with E-state index >= 15 is 0 Å². The van der Waals surface area contributed by atoms with Crippen LogP contribution in [0.1, 0.15) is 20.3 Å². The van der Waals surface area contributed by atoms with Gasteiger partial charge in [0, 0.05) is 24.9 Å². The van der Waals surface area contributed by atoms with Crippen LogP contribution in [0.2, 0.25) is 5.82 Å². The van der Waals surface area contributed by atoms with Crippen LogP contribution in [-0.4, -0.2) is 20.3 Å². The summed E-state index contributed by atoms with van der Waals surface area (Å²) in [5, 5.41) is 8.67. The Morgan fingerprint density at radius 1 is 1.33 bits per heavy atom. The fourth-order valence-electron chi connectivity index (χ4n) is 1.16. The Balaban J connectivity index is 2.40. The van der Waals surface area contributed by atoms with Gasteiger partial charge in [-0.05, 0) is 13.3 Å². The number of rotatable bonds is 2. The molecule has 0 N–H and O–H groups in total. The van der Waals surface area contributed by atoms with Gasteiger partial charge in [-0.3, -0.25) is 0 Å². The monoisotopic (exact) mass is 167 g/mol. The van der Waals surface area contributed by atoms with Gasteiger partial charge in [0.2, 0.25) is 0 Å². The Labute approximate surface area is 73.8 Å². The molecule has 0 aromatic heterocycles. The highest BCUT2D eigenvalue weighted by Gasteiger charge is 2.32. The maximum Gasteiger partial charge on any atom is 0.461 e. The highest BCUT2D eigenvalue weighted by atomic mass is 16.6. The predicted octanol–water partition coefficient (Wildman–Crippen LogP) is 1.46. The molecule has 12 heavy (non-hydrogen) atoms. The molecule has 0 saturated carbocycles. The lowest BCUT2D eigenvalue weighted by Gasteiger charge is -2.25. The fourth-order valence-corrected chi connectivity index (χ4v) is 1.16. The van der Waals surface area contributed by atoms with Gasteiger partial charge in [0.15, 0.2) is 0 Å². The lowest BCUT2D eigenvalue weighted by molar-refractivity contribution is 0.125. The largest absolute Gasteiger partial charge is 0.461 e. The first kappa shape index (κ1) is 9.56. The highest BCUT2D eigenvalue weighted by molar-refractivity contribution is 6.46. The minimum absolute atomic E-state index is 0.00639. The van der Waals surface area contributed by atoms with E-state index in [2.05, 4.69) is 6.07 Å². The summed E-state index contributed by atoms with van der Waals surface area (Å²) in [7, 11) is -0.173. The Kier molecular flexibility index (Phi) is 3.58. The topological polar surface area (TPSA) is 42.2 Å². The molecule has 0 amide bonds. The van der Waals surface area contributed by atoms with Gasteiger partial charge in [-0.2, -0.15) is 5.26 Å². The Bertz CT molecular complexity index is 174. The maximum absolute atomic E-state index is 8.67. The molecule has 2 atom stereocenters. The summed E-state index contributed by atoms with van der Waals surface area (Å²) in [4.78, 5) is 0. The zero-order valence-electron chi connectivity index (χ0n) is 7.62. The smallest absolute Gasteiger partial charge is 0.411 e. The first-order valence-corrected chi connectivity index (χ1v) is 4.38. The summed E-state index contributed by atoms with van der Waals surface area (Å²) in [6, 6.07) is 2.20. The van der Waals surface area contributed by atoms with E-state index in [4.69, 9.17) is 14.6 Å². The zero-order valence-corrected chi connectivity index (χ0v) is 7.62. The molecular weight excluding hydrogens is 153 g/mol. The van der Waals surface area contributed by atoms with Crippen LogP contribution in [0.4, 0.5) is 0 Å². The molecule has 1 aliphatic rings. The van der Waals surface area contributed by atoms with Crippen molar-refractivity contribution in [1.82, 2.24) is 0 Å². The predicted molar refractivity (Wildman–Crippen MR) is 46.5 cm³/mol. The van der Waals surface area contributed by atoms with Crippen LogP contribution in [-0.2, 0) is 9.31 Å². The summed E-state index contributed by atoms with van der Waals surface area (Å²) in [6.07, 6.45) is 0.962. The average Bonchev–Trinajstić information content (AvgIpc) is 2.17. The van der Waals surface area contributed by atoms with E-state index in [1.54, 1.807) is 0 Å². The fraction of sp³-hybridized carbons (Fsp3) is 0.875. The van der Waals surface area contributed by atoms with Gasteiger partial charge in [0.25, 0.3) is 0 Å². The van der Waals surface area contributed by atoms with E-state index in [1.165, 1.54) is 0 Å². The summed E-state index contributed by atoms with van der Waals surface area (Å²) in [6.45, 7) is 5.40. The van der Waals surface area contributed by atoms with Crippen molar-refractivity contribution < 1.29 is 9.31 Å². The van der Waals surface area contributed by atoms with Crippen molar-refractivity contribution in [3.8, 4) is 6.07 Å². The van der Waals surface area contributed by atoms with E-state index in [1.807, 2.05) is 13.8 Å². The van der Waals surface area contributed by atoms with Crippen LogP contribution < -0.4 is 0 Å². The van der Waals surface area contributed by atoms with E-state index in [9.17, 15) is 0 Å². The SMILES string of the molecule is CC(C#N)C(C)B1OCCCO1. The third-order valence-corrected chi connectivity index (χ3v) is 2.27. The molecule has 0 radical (unpaired) electrons. The summed E-state index contributed by atoms with van der Waals surface area (Å²) >= 11 is 0. The van der Waals surface area contributed by atoms with Crippen molar-refractivity contribution in [3.05, 3.63) is 0 Å². The molecule has 1 fully saturated rings. The van der Waals surface area contributed by atoms with Crippen LogP contribution in [0.25, 0.3) is 0 Å². The van der Waals surface area contributed by atoms with Crippen LogP contribution in [0.3, 0.4) is 0 Å². The number of hydrogen-bond acceptors (Lipinski definition) is 3. The molecule has 0 aliphatic carbocycles. The second-order valence-corrected chi connectivity index (χ2v) is 3.24. The van der Waals surface area contributed by atoms with Crippen molar-refractivity contribution in [2.24, 2.45) is 5.92 Å². The van der Waals surface area contributed by atoms with Crippen LogP contribution >= 0.6 is 0 Å². The second-order valence-electron chi connectivity index (χ2n) is 3.24. The second kappa shape index (κ2) is 4.49. The molecule has 0 bridgehead atoms. The van der Waals surface area contributed by atoms with Crippen molar-refractivity contribution in [1.29, 1.82) is 5.26 Å². The Hall–Kier alpha value is -0.525. The molecular formula is C8H14BNO2. The highest BCUT2D eigenvalue weighted by Crippen LogP contribution is 2.23. The average molecular weight is 167 g/mol. The van der Waals surface area contributed by atoms with Crippen molar-refractivity contribution in [2.45, 2.75) is 26.1 Å². The molecule has 0 aromatic rings. The molecule has 4 heteroatoms. The summed E-state index contributed by atoms with van der Waals surface area (Å²) in [5.74, 6) is 0.156. The number of nitriles is 1. The van der Waals surface area contributed by atoms with Gasteiger partial charge in [-0.25, -0.2) is 0 Å². The Morgan fingerprint density at radius 2 is 1.92 bits per heavy atom. The molecule has 3 nitrogen and oxygen atoms in total. The number of nitrogens with zero attached hydrogens (tertiary/aromatic N) is 1. The standard InChI is InChI=1S/C8H14BNO2/c1-7(6-10)8(2)9-11-4-3-5-12-9/h7-8H,3-5H2,1-2H3. The van der Waals surface area contributed by atoms with Crippen LogP contribution in [0, 0.1) is 17.2 Å². The lowest BCUT2D eigenvalue weighted by atomic mass is 9.66. The molecule has 66 valence electrons. The van der Waals surface area contributed by atoms with E-state index in [0.717, 1.165) is 19.6 Å². The van der Waals surface area contributed by atoms with Gasteiger partial charge in [-0.15, -0.1) is 0 Å². The normalized spacial score (nSPS) is 22.9. The van der Waals surface area contributed by atoms with Crippen LogP contribution in [0.5, 0.6) is 0 Å². The first-order chi connectivity index (χ1) is 5.75. The maximum atomic E-state index is 8.67. The van der Waals surface area contributed by atoms with Gasteiger partial charge >= 0.3 is 7.12 Å². The van der Waals surface area contributed by atoms with Gasteiger partial charge < -0.3 is 9.31 Å². The van der Waals surface area contributed by atoms with Crippen molar-refractivity contribution in [2.75, 3.05) is 13.2 Å². The minimum atomic E-state index is -0.173. The van der Waals surface area contributed by atoms with Crippen molar-refractivity contribution >= 4 is 7.12 Å². The third kappa shape index (κ3) is 2.23. The van der Waals surface area contributed by atoms with Gasteiger partial charge in [0.1, 0.15) is 0 Å². The summed E-state index contributed by atoms with van der Waals surface area (Å²) in [5.41, 5.74) is 0. The minimum Gasteiger partial charge on any atom is -0.411 e. The molecule has 0 aromatic carbocycles. The lowest BCUT2D eigenvalue weighted by Crippen LogP contribution is -2.35. The molecule has 2 unspecified atom stereocenters. The van der Waals surface area contributed by atoms with E-state index in [-0.39, 0.29) is 18.9 Å². The van der Waals surface area contributed by atoms with Crippen molar-refractivity contribution in [3.63, 3.8) is 0 Å².